The predicted molar refractivity (Wildman–Crippen MR) is 127 cm³/mol. The number of halogens is 1. The molecule has 31 heavy (non-hydrogen) atoms. The van der Waals surface area contributed by atoms with Crippen molar-refractivity contribution in [1.29, 1.82) is 0 Å². The highest BCUT2D eigenvalue weighted by molar-refractivity contribution is 6.31. The van der Waals surface area contributed by atoms with E-state index in [2.05, 4.69) is 27.4 Å². The summed E-state index contributed by atoms with van der Waals surface area (Å²) in [7, 11) is 0. The first-order valence-electron chi connectivity index (χ1n) is 10.8. The Hall–Kier alpha value is -2.41. The number of carbonyl (C=O) groups excluding carboxylic acids is 2. The molecule has 2 amide bonds. The molecule has 3 rings (SSSR count). The smallest absolute Gasteiger partial charge is 0.241 e. The molecule has 0 aliphatic carbocycles. The highest BCUT2D eigenvalue weighted by Gasteiger charge is 2.26. The minimum atomic E-state index is -0.259. The van der Waals surface area contributed by atoms with Gasteiger partial charge >= 0.3 is 0 Å². The first-order chi connectivity index (χ1) is 14.9. The molecular formula is C24H31ClN4O2. The third kappa shape index (κ3) is 6.29. The lowest BCUT2D eigenvalue weighted by Crippen LogP contribution is -2.53. The molecule has 0 spiro atoms. The molecule has 166 valence electrons. The summed E-state index contributed by atoms with van der Waals surface area (Å²) in [5, 5.41) is 6.61. The predicted octanol–water partition coefficient (Wildman–Crippen LogP) is 3.79. The number of benzene rings is 2. The van der Waals surface area contributed by atoms with Gasteiger partial charge < -0.3 is 10.6 Å². The summed E-state index contributed by atoms with van der Waals surface area (Å²) >= 11 is 6.05. The zero-order valence-corrected chi connectivity index (χ0v) is 19.2. The van der Waals surface area contributed by atoms with Crippen LogP contribution >= 0.6 is 11.6 Å². The molecule has 7 heteroatoms. The topological polar surface area (TPSA) is 64.7 Å². The number of aryl methyl sites for hydroxylation is 2. The van der Waals surface area contributed by atoms with E-state index in [0.717, 1.165) is 55.1 Å². The van der Waals surface area contributed by atoms with Gasteiger partial charge in [0.2, 0.25) is 11.8 Å². The van der Waals surface area contributed by atoms with Gasteiger partial charge in [-0.2, -0.15) is 0 Å². The summed E-state index contributed by atoms with van der Waals surface area (Å²) < 4.78 is 0. The Kier molecular flexibility index (Phi) is 8.07. The first kappa shape index (κ1) is 23.3. The maximum atomic E-state index is 12.7. The Morgan fingerprint density at radius 3 is 2.45 bits per heavy atom. The molecule has 0 aromatic heterocycles. The van der Waals surface area contributed by atoms with E-state index in [4.69, 9.17) is 11.6 Å². The zero-order valence-electron chi connectivity index (χ0n) is 18.5. The van der Waals surface area contributed by atoms with Crippen LogP contribution < -0.4 is 10.6 Å². The van der Waals surface area contributed by atoms with Gasteiger partial charge in [0.15, 0.2) is 0 Å². The summed E-state index contributed by atoms with van der Waals surface area (Å²) in [6.07, 6.45) is 0.879. The summed E-state index contributed by atoms with van der Waals surface area (Å²) in [6.45, 7) is 9.26. The number of nitrogens with one attached hydrogen (secondary N) is 2. The van der Waals surface area contributed by atoms with Crippen LogP contribution in [0.3, 0.4) is 0 Å². The molecule has 1 aliphatic heterocycles. The summed E-state index contributed by atoms with van der Waals surface area (Å²) in [6, 6.07) is 13.1. The van der Waals surface area contributed by atoms with Crippen molar-refractivity contribution in [3.8, 4) is 0 Å². The van der Waals surface area contributed by atoms with E-state index in [1.165, 1.54) is 0 Å². The fourth-order valence-corrected chi connectivity index (χ4v) is 3.96. The molecule has 0 saturated carbocycles. The SMILES string of the molecule is CCc1ccccc1NC(=O)CN1CCN(C(C)C(=O)Nc2cc(Cl)ccc2C)CC1. The summed E-state index contributed by atoms with van der Waals surface area (Å²) in [4.78, 5) is 29.5. The number of anilines is 2. The van der Waals surface area contributed by atoms with Crippen LogP contribution in [0.5, 0.6) is 0 Å². The quantitative estimate of drug-likeness (QED) is 0.684. The summed E-state index contributed by atoms with van der Waals surface area (Å²) in [5.74, 6) is -0.0516. The van der Waals surface area contributed by atoms with Crippen molar-refractivity contribution in [3.05, 3.63) is 58.6 Å². The molecule has 2 aromatic carbocycles. The number of para-hydroxylation sites is 1. The van der Waals surface area contributed by atoms with Gasteiger partial charge in [0.25, 0.3) is 0 Å². The average Bonchev–Trinajstić information content (AvgIpc) is 2.76. The fourth-order valence-electron chi connectivity index (χ4n) is 3.78. The van der Waals surface area contributed by atoms with Crippen LogP contribution in [0, 0.1) is 6.92 Å². The molecule has 1 heterocycles. The number of amides is 2. The van der Waals surface area contributed by atoms with Gasteiger partial charge in [0.05, 0.1) is 12.6 Å². The third-order valence-electron chi connectivity index (χ3n) is 5.83. The van der Waals surface area contributed by atoms with E-state index < -0.39 is 0 Å². The molecule has 1 unspecified atom stereocenters. The monoisotopic (exact) mass is 442 g/mol. The Balaban J connectivity index is 1.47. The summed E-state index contributed by atoms with van der Waals surface area (Å²) in [5.41, 5.74) is 3.74. The van der Waals surface area contributed by atoms with E-state index in [0.29, 0.717) is 11.6 Å². The number of piperazine rings is 1. The van der Waals surface area contributed by atoms with Crippen LogP contribution in [-0.4, -0.2) is 60.4 Å². The number of nitrogens with zero attached hydrogens (tertiary/aromatic N) is 2. The molecule has 1 atom stereocenters. The lowest BCUT2D eigenvalue weighted by molar-refractivity contribution is -0.122. The number of rotatable bonds is 7. The van der Waals surface area contributed by atoms with Gasteiger partial charge in [-0.15, -0.1) is 0 Å². The van der Waals surface area contributed by atoms with Crippen molar-refractivity contribution < 1.29 is 9.59 Å². The van der Waals surface area contributed by atoms with Crippen molar-refractivity contribution in [2.75, 3.05) is 43.4 Å². The van der Waals surface area contributed by atoms with Gasteiger partial charge in [-0.25, -0.2) is 0 Å². The molecular weight excluding hydrogens is 412 g/mol. The van der Waals surface area contributed by atoms with Crippen molar-refractivity contribution in [1.82, 2.24) is 9.80 Å². The Bertz CT molecular complexity index is 926. The zero-order chi connectivity index (χ0) is 22.4. The van der Waals surface area contributed by atoms with Gasteiger partial charge in [-0.1, -0.05) is 42.8 Å². The minimum absolute atomic E-state index is 0.00317. The van der Waals surface area contributed by atoms with E-state index in [1.54, 1.807) is 6.07 Å². The van der Waals surface area contributed by atoms with Gasteiger partial charge in [0.1, 0.15) is 0 Å². The van der Waals surface area contributed by atoms with E-state index >= 15 is 0 Å². The van der Waals surface area contributed by atoms with Crippen LogP contribution in [0.2, 0.25) is 5.02 Å². The average molecular weight is 443 g/mol. The molecule has 0 bridgehead atoms. The van der Waals surface area contributed by atoms with Gasteiger partial charge in [0, 0.05) is 42.6 Å². The van der Waals surface area contributed by atoms with Crippen LogP contribution in [0.15, 0.2) is 42.5 Å². The van der Waals surface area contributed by atoms with Crippen molar-refractivity contribution in [2.24, 2.45) is 0 Å². The fraction of sp³-hybridized carbons (Fsp3) is 0.417. The number of hydrogen-bond acceptors (Lipinski definition) is 4. The Labute approximate surface area is 189 Å². The Morgan fingerprint density at radius 1 is 1.03 bits per heavy atom. The van der Waals surface area contributed by atoms with Crippen molar-refractivity contribution in [2.45, 2.75) is 33.2 Å². The molecule has 1 fully saturated rings. The van der Waals surface area contributed by atoms with Crippen LogP contribution in [0.4, 0.5) is 11.4 Å². The van der Waals surface area contributed by atoms with Crippen LogP contribution in [0.25, 0.3) is 0 Å². The third-order valence-corrected chi connectivity index (χ3v) is 6.07. The molecule has 2 N–H and O–H groups in total. The Morgan fingerprint density at radius 2 is 1.74 bits per heavy atom. The first-order valence-corrected chi connectivity index (χ1v) is 11.2. The number of hydrogen-bond donors (Lipinski definition) is 2. The van der Waals surface area contributed by atoms with Crippen molar-refractivity contribution >= 4 is 34.8 Å². The highest BCUT2D eigenvalue weighted by Crippen LogP contribution is 2.21. The second-order valence-corrected chi connectivity index (χ2v) is 8.43. The van der Waals surface area contributed by atoms with Crippen molar-refractivity contribution in [3.63, 3.8) is 0 Å². The van der Waals surface area contributed by atoms with Crippen LogP contribution in [-0.2, 0) is 16.0 Å². The standard InChI is InChI=1S/C24H31ClN4O2/c1-4-19-7-5-6-8-21(19)26-23(30)16-28-11-13-29(14-12-28)18(3)24(31)27-22-15-20(25)10-9-17(22)2/h5-10,15,18H,4,11-14,16H2,1-3H3,(H,26,30)(H,27,31). The van der Waals surface area contributed by atoms with Crippen LogP contribution in [0.1, 0.15) is 25.0 Å². The molecule has 6 nitrogen and oxygen atoms in total. The highest BCUT2D eigenvalue weighted by atomic mass is 35.5. The second kappa shape index (κ2) is 10.8. The lowest BCUT2D eigenvalue weighted by Gasteiger charge is -2.37. The number of carbonyl (C=O) groups is 2. The normalized spacial score (nSPS) is 16.0. The maximum absolute atomic E-state index is 12.7. The maximum Gasteiger partial charge on any atom is 0.241 e. The molecule has 2 aromatic rings. The van der Waals surface area contributed by atoms with E-state index in [-0.39, 0.29) is 17.9 Å². The molecule has 0 radical (unpaired) electrons. The van der Waals surface area contributed by atoms with Gasteiger partial charge in [-0.3, -0.25) is 19.4 Å². The minimum Gasteiger partial charge on any atom is -0.325 e. The van der Waals surface area contributed by atoms with E-state index in [1.807, 2.05) is 50.2 Å². The second-order valence-electron chi connectivity index (χ2n) is 8.00. The largest absolute Gasteiger partial charge is 0.325 e. The lowest BCUT2D eigenvalue weighted by atomic mass is 10.1. The van der Waals surface area contributed by atoms with Gasteiger partial charge in [-0.05, 0) is 49.6 Å². The molecule has 1 saturated heterocycles. The van der Waals surface area contributed by atoms with E-state index in [9.17, 15) is 9.59 Å². The molecule has 1 aliphatic rings.